The van der Waals surface area contributed by atoms with Gasteiger partial charge >= 0.3 is 5.97 Å². The van der Waals surface area contributed by atoms with Crippen molar-refractivity contribution < 1.29 is 14.3 Å². The number of nitrogens with zero attached hydrogens (tertiary/aromatic N) is 3. The topological polar surface area (TPSA) is 81.0 Å². The molecule has 3 heterocycles. The lowest BCUT2D eigenvalue weighted by Crippen LogP contribution is -2.40. The first-order valence-electron chi connectivity index (χ1n) is 13.2. The predicted octanol–water partition coefficient (Wildman–Crippen LogP) is 4.75. The molecule has 1 aromatic heterocycles. The maximum absolute atomic E-state index is 14.1. The smallest absolute Gasteiger partial charge is 0.338 e. The van der Waals surface area contributed by atoms with Crippen molar-refractivity contribution in [2.75, 3.05) is 18.6 Å². The van der Waals surface area contributed by atoms with E-state index in [4.69, 9.17) is 16.3 Å². The van der Waals surface area contributed by atoms with Gasteiger partial charge in [-0.2, -0.15) is 0 Å². The zero-order valence-corrected chi connectivity index (χ0v) is 23.8. The van der Waals surface area contributed by atoms with Gasteiger partial charge in [0.15, 0.2) is 4.80 Å². The number of allylic oxidation sites excluding steroid dienone is 1. The highest BCUT2D eigenvalue weighted by molar-refractivity contribution is 7.07. The van der Waals surface area contributed by atoms with Gasteiger partial charge in [0.25, 0.3) is 11.5 Å². The maximum atomic E-state index is 14.1. The van der Waals surface area contributed by atoms with E-state index in [0.717, 1.165) is 36.9 Å². The summed E-state index contributed by atoms with van der Waals surface area (Å²) in [6.45, 7) is 4.50. The van der Waals surface area contributed by atoms with Crippen LogP contribution in [0.4, 0.5) is 5.69 Å². The minimum atomic E-state index is -0.762. The Kier molecular flexibility index (Phi) is 7.86. The number of ether oxygens (including phenoxy) is 1. The molecule has 9 heteroatoms. The van der Waals surface area contributed by atoms with Crippen LogP contribution in [-0.4, -0.2) is 30.1 Å². The minimum Gasteiger partial charge on any atom is -0.466 e. The number of amides is 1. The summed E-state index contributed by atoms with van der Waals surface area (Å²) in [5.74, 6) is -0.741. The second kappa shape index (κ2) is 11.3. The van der Waals surface area contributed by atoms with Crippen LogP contribution >= 0.6 is 22.9 Å². The summed E-state index contributed by atoms with van der Waals surface area (Å²) in [6, 6.07) is 13.8. The van der Waals surface area contributed by atoms with Gasteiger partial charge in [-0.3, -0.25) is 14.2 Å². The van der Waals surface area contributed by atoms with Crippen molar-refractivity contribution in [3.8, 4) is 0 Å². The lowest BCUT2D eigenvalue weighted by atomic mass is 9.96. The summed E-state index contributed by atoms with van der Waals surface area (Å²) < 4.78 is 6.89. The summed E-state index contributed by atoms with van der Waals surface area (Å²) in [7, 11) is 1.31. The summed E-state index contributed by atoms with van der Waals surface area (Å²) in [6.07, 6.45) is 5.42. The Labute approximate surface area is 235 Å². The summed E-state index contributed by atoms with van der Waals surface area (Å²) in [4.78, 5) is 47.7. The molecule has 7 nitrogen and oxygen atoms in total. The van der Waals surface area contributed by atoms with Crippen LogP contribution in [-0.2, 0) is 14.3 Å². The Morgan fingerprint density at radius 1 is 1.05 bits per heavy atom. The Bertz CT molecular complexity index is 1650. The molecule has 3 aromatic rings. The standard InChI is InChI=1S/C30H30ClN3O4S/c1-4-5-6-7-10-17-33-22-12-9-8-11-21(22)24(27(33)35)26-28(36)34-25(19-13-15-20(31)16-14-19)23(29(37)38-3)18(2)32-30(34)39-26/h8-9,11-16,25H,4-7,10,17H2,1-3H3/b26-24+. The molecule has 2 aliphatic rings. The fraction of sp³-hybridized carbons (Fsp3) is 0.333. The van der Waals surface area contributed by atoms with Gasteiger partial charge in [-0.25, -0.2) is 9.79 Å². The summed E-state index contributed by atoms with van der Waals surface area (Å²) in [5, 5.41) is 0.539. The van der Waals surface area contributed by atoms with Crippen molar-refractivity contribution in [1.29, 1.82) is 0 Å². The molecule has 0 radical (unpaired) electrons. The number of benzene rings is 2. The molecule has 0 saturated heterocycles. The quantitative estimate of drug-likeness (QED) is 0.293. The van der Waals surface area contributed by atoms with Crippen molar-refractivity contribution in [2.24, 2.45) is 4.99 Å². The molecule has 0 bridgehead atoms. The fourth-order valence-electron chi connectivity index (χ4n) is 5.30. The van der Waals surface area contributed by atoms with E-state index in [1.165, 1.54) is 29.4 Å². The van der Waals surface area contributed by atoms with E-state index >= 15 is 0 Å². The predicted molar refractivity (Wildman–Crippen MR) is 154 cm³/mol. The Hall–Kier alpha value is -3.49. The molecule has 5 rings (SSSR count). The molecule has 0 aliphatic carbocycles. The molecular formula is C30H30ClN3O4S. The first-order chi connectivity index (χ1) is 18.9. The van der Waals surface area contributed by atoms with Crippen molar-refractivity contribution in [2.45, 2.75) is 52.0 Å². The molecule has 2 aliphatic heterocycles. The number of aromatic nitrogens is 1. The molecule has 0 fully saturated rings. The monoisotopic (exact) mass is 563 g/mol. The number of hydrogen-bond donors (Lipinski definition) is 0. The number of halogens is 1. The number of thiazole rings is 1. The number of esters is 1. The third-order valence-electron chi connectivity index (χ3n) is 7.22. The molecule has 202 valence electrons. The SMILES string of the molecule is CCCCCCCN1C(=O)/C(=c2/sc3n(c2=O)C(c2ccc(Cl)cc2)C(C(=O)OC)=C(C)N=3)c2ccccc21. The van der Waals surface area contributed by atoms with E-state index in [1.807, 2.05) is 24.3 Å². The van der Waals surface area contributed by atoms with Gasteiger partial charge in [0.2, 0.25) is 0 Å². The normalized spacial score (nSPS) is 17.7. The number of unbranched alkanes of at least 4 members (excludes halogenated alkanes) is 4. The van der Waals surface area contributed by atoms with Gasteiger partial charge in [0.1, 0.15) is 4.53 Å². The van der Waals surface area contributed by atoms with Gasteiger partial charge in [-0.1, -0.05) is 85.9 Å². The van der Waals surface area contributed by atoms with Gasteiger partial charge in [-0.15, -0.1) is 0 Å². The van der Waals surface area contributed by atoms with Gasteiger partial charge < -0.3 is 9.64 Å². The molecular weight excluding hydrogens is 534 g/mol. The van der Waals surface area contributed by atoms with E-state index in [1.54, 1.807) is 36.1 Å². The number of rotatable bonds is 8. The fourth-order valence-corrected chi connectivity index (χ4v) is 6.56. The first kappa shape index (κ1) is 27.1. The average molecular weight is 564 g/mol. The largest absolute Gasteiger partial charge is 0.466 e. The molecule has 2 aromatic carbocycles. The second-order valence-corrected chi connectivity index (χ2v) is 11.1. The lowest BCUT2D eigenvalue weighted by Gasteiger charge is -2.24. The van der Waals surface area contributed by atoms with Crippen molar-refractivity contribution in [3.63, 3.8) is 0 Å². The third kappa shape index (κ3) is 4.87. The molecule has 0 saturated carbocycles. The van der Waals surface area contributed by atoms with E-state index in [0.29, 0.717) is 37.7 Å². The van der Waals surface area contributed by atoms with E-state index in [9.17, 15) is 14.4 Å². The van der Waals surface area contributed by atoms with Crippen LogP contribution < -0.4 is 19.8 Å². The number of para-hydroxylation sites is 1. The molecule has 1 amide bonds. The zero-order valence-electron chi connectivity index (χ0n) is 22.2. The number of fused-ring (bicyclic) bond motifs is 2. The Balaban J connectivity index is 1.67. The van der Waals surface area contributed by atoms with Crippen LogP contribution in [0.3, 0.4) is 0 Å². The van der Waals surface area contributed by atoms with Crippen molar-refractivity contribution >= 4 is 46.1 Å². The Morgan fingerprint density at radius 3 is 2.49 bits per heavy atom. The molecule has 39 heavy (non-hydrogen) atoms. The summed E-state index contributed by atoms with van der Waals surface area (Å²) >= 11 is 7.31. The second-order valence-electron chi connectivity index (χ2n) is 9.71. The van der Waals surface area contributed by atoms with E-state index in [2.05, 4.69) is 11.9 Å². The van der Waals surface area contributed by atoms with Crippen molar-refractivity contribution in [1.82, 2.24) is 4.57 Å². The number of carbonyl (C=O) groups is 2. The van der Waals surface area contributed by atoms with Crippen LogP contribution in [0, 0.1) is 0 Å². The molecule has 0 spiro atoms. The van der Waals surface area contributed by atoms with Crippen molar-refractivity contribution in [3.05, 3.63) is 95.6 Å². The van der Waals surface area contributed by atoms with Crippen LogP contribution in [0.15, 0.2) is 69.6 Å². The highest BCUT2D eigenvalue weighted by Gasteiger charge is 2.37. The number of carbonyl (C=O) groups excluding carboxylic acids is 2. The van der Waals surface area contributed by atoms with Crippen LogP contribution in [0.1, 0.15) is 63.1 Å². The zero-order chi connectivity index (χ0) is 27.7. The molecule has 1 atom stereocenters. The van der Waals surface area contributed by atoms with Crippen LogP contribution in [0.25, 0.3) is 5.57 Å². The average Bonchev–Trinajstić information content (AvgIpc) is 3.40. The summed E-state index contributed by atoms with van der Waals surface area (Å²) in [5.41, 5.74) is 3.02. The highest BCUT2D eigenvalue weighted by Crippen LogP contribution is 2.36. The van der Waals surface area contributed by atoms with Crippen LogP contribution in [0.5, 0.6) is 0 Å². The van der Waals surface area contributed by atoms with Gasteiger partial charge in [0, 0.05) is 17.1 Å². The number of anilines is 1. The minimum absolute atomic E-state index is 0.177. The van der Waals surface area contributed by atoms with Gasteiger partial charge in [-0.05, 0) is 37.1 Å². The molecule has 1 unspecified atom stereocenters. The van der Waals surface area contributed by atoms with Gasteiger partial charge in [0.05, 0.1) is 35.7 Å². The van der Waals surface area contributed by atoms with E-state index in [-0.39, 0.29) is 17.0 Å². The third-order valence-corrected chi connectivity index (χ3v) is 8.53. The lowest BCUT2D eigenvalue weighted by molar-refractivity contribution is -0.136. The highest BCUT2D eigenvalue weighted by atomic mass is 35.5. The van der Waals surface area contributed by atoms with E-state index < -0.39 is 12.0 Å². The first-order valence-corrected chi connectivity index (χ1v) is 14.4. The molecule has 0 N–H and O–H groups in total. The number of methoxy groups -OCH3 is 1. The van der Waals surface area contributed by atoms with Crippen LogP contribution in [0.2, 0.25) is 5.02 Å². The number of hydrogen-bond acceptors (Lipinski definition) is 6. The Morgan fingerprint density at radius 2 is 1.77 bits per heavy atom. The maximum Gasteiger partial charge on any atom is 0.338 e.